The maximum absolute atomic E-state index is 13.3. The highest BCUT2D eigenvalue weighted by molar-refractivity contribution is 6.29. The van der Waals surface area contributed by atoms with E-state index >= 15 is 0 Å². The van der Waals surface area contributed by atoms with Gasteiger partial charge in [0.2, 0.25) is 5.22 Å². The summed E-state index contributed by atoms with van der Waals surface area (Å²) in [6.07, 6.45) is 6.29. The van der Waals surface area contributed by atoms with E-state index in [1.54, 1.807) is 16.9 Å². The first-order valence-electron chi connectivity index (χ1n) is 10.4. The molecule has 0 saturated heterocycles. The molecule has 7 nitrogen and oxygen atoms in total. The number of aromatic nitrogens is 3. The fourth-order valence-corrected chi connectivity index (χ4v) is 6.22. The number of carbonyl (C=O) groups excluding carboxylic acids is 1. The molecule has 4 aliphatic carbocycles. The maximum atomic E-state index is 13.3. The van der Waals surface area contributed by atoms with Crippen molar-refractivity contribution in [1.29, 1.82) is 0 Å². The molecule has 4 fully saturated rings. The molecule has 0 aromatic carbocycles. The van der Waals surface area contributed by atoms with Gasteiger partial charge in [-0.1, -0.05) is 5.16 Å². The minimum atomic E-state index is -0.516. The molecule has 0 spiro atoms. The van der Waals surface area contributed by atoms with Gasteiger partial charge in [0, 0.05) is 12.1 Å². The van der Waals surface area contributed by atoms with Crippen LogP contribution in [0.5, 0.6) is 0 Å². The summed E-state index contributed by atoms with van der Waals surface area (Å²) in [5.41, 5.74) is 0.709. The molecular weight excluding hydrogens is 392 g/mol. The quantitative estimate of drug-likeness (QED) is 0.794. The van der Waals surface area contributed by atoms with Gasteiger partial charge in [0.25, 0.3) is 5.91 Å². The van der Waals surface area contributed by atoms with Gasteiger partial charge in [-0.15, -0.1) is 0 Å². The minimum absolute atomic E-state index is 0.103. The van der Waals surface area contributed by atoms with Crippen molar-refractivity contribution in [3.05, 3.63) is 23.0 Å². The highest BCUT2D eigenvalue weighted by Crippen LogP contribution is 2.55. The number of amides is 1. The Morgan fingerprint density at radius 2 is 2.00 bits per heavy atom. The lowest BCUT2D eigenvalue weighted by atomic mass is 9.52. The van der Waals surface area contributed by atoms with Crippen LogP contribution in [-0.2, 0) is 5.54 Å². The van der Waals surface area contributed by atoms with Gasteiger partial charge in [0.05, 0.1) is 22.9 Å². The molecule has 4 bridgehead atoms. The van der Waals surface area contributed by atoms with Crippen LogP contribution in [0.25, 0.3) is 11.4 Å². The van der Waals surface area contributed by atoms with E-state index in [1.807, 2.05) is 20.8 Å². The van der Waals surface area contributed by atoms with Gasteiger partial charge in [-0.25, -0.2) is 0 Å². The van der Waals surface area contributed by atoms with E-state index in [2.05, 4.69) is 15.6 Å². The number of nitrogens with zero attached hydrogens (tertiary/aromatic N) is 3. The number of aliphatic hydroxyl groups is 1. The standard InChI is InChI=1S/C21H27ClN4O3/c1-20(2,3)26-18(15-6-16(22)29-25-15)14(10-23-26)19(27)24-17-12-4-11-5-13(17)9-21(28,7-11)8-12/h6,10-13,17,28H,4-5,7-9H2,1-3H3,(H,24,27)/t11?,12-,13-,17?,21?/m0/s1. The molecule has 8 heteroatoms. The van der Waals surface area contributed by atoms with Crippen LogP contribution >= 0.6 is 11.6 Å². The topological polar surface area (TPSA) is 93.2 Å². The molecule has 2 atom stereocenters. The van der Waals surface area contributed by atoms with Gasteiger partial charge in [0.1, 0.15) is 11.4 Å². The van der Waals surface area contributed by atoms with Crippen LogP contribution in [0.4, 0.5) is 0 Å². The van der Waals surface area contributed by atoms with E-state index in [1.165, 1.54) is 0 Å². The Morgan fingerprint density at radius 3 is 2.55 bits per heavy atom. The molecule has 156 valence electrons. The second kappa shape index (κ2) is 6.32. The summed E-state index contributed by atoms with van der Waals surface area (Å²) in [6, 6.07) is 1.71. The van der Waals surface area contributed by atoms with Gasteiger partial charge in [-0.2, -0.15) is 5.10 Å². The lowest BCUT2D eigenvalue weighted by Crippen LogP contribution is -2.61. The Hall–Kier alpha value is -1.86. The molecule has 2 heterocycles. The molecule has 0 unspecified atom stereocenters. The fourth-order valence-electron chi connectivity index (χ4n) is 6.08. The van der Waals surface area contributed by atoms with Crippen molar-refractivity contribution in [2.24, 2.45) is 17.8 Å². The molecule has 4 aliphatic rings. The number of nitrogens with one attached hydrogen (secondary N) is 1. The first kappa shape index (κ1) is 19.1. The second-order valence-corrected chi connectivity index (χ2v) is 10.6. The summed E-state index contributed by atoms with van der Waals surface area (Å²) in [5, 5.41) is 22.8. The first-order valence-corrected chi connectivity index (χ1v) is 10.8. The minimum Gasteiger partial charge on any atom is -0.390 e. The zero-order valence-corrected chi connectivity index (χ0v) is 17.7. The summed E-state index contributed by atoms with van der Waals surface area (Å²) in [5.74, 6) is 1.14. The van der Waals surface area contributed by atoms with Crippen molar-refractivity contribution in [2.75, 3.05) is 0 Å². The van der Waals surface area contributed by atoms with Crippen molar-refractivity contribution in [3.8, 4) is 11.4 Å². The van der Waals surface area contributed by atoms with Gasteiger partial charge in [0.15, 0.2) is 0 Å². The molecule has 2 N–H and O–H groups in total. The molecular formula is C21H27ClN4O3. The third-order valence-corrected chi connectivity index (χ3v) is 7.09. The highest BCUT2D eigenvalue weighted by Gasteiger charge is 2.55. The van der Waals surface area contributed by atoms with E-state index in [-0.39, 0.29) is 22.7 Å². The Labute approximate surface area is 174 Å². The molecule has 1 amide bonds. The van der Waals surface area contributed by atoms with Crippen LogP contribution in [-0.4, -0.2) is 37.6 Å². The highest BCUT2D eigenvalue weighted by atomic mass is 35.5. The Bertz CT molecular complexity index is 944. The SMILES string of the molecule is CC(C)(C)n1ncc(C(=O)NC2[C@H]3CC4C[C@H]2CC(O)(C4)C3)c1-c1cc(Cl)on1. The zero-order valence-electron chi connectivity index (χ0n) is 17.0. The summed E-state index contributed by atoms with van der Waals surface area (Å²) < 4.78 is 6.83. The maximum Gasteiger partial charge on any atom is 0.255 e. The molecule has 4 saturated carbocycles. The number of rotatable bonds is 3. The van der Waals surface area contributed by atoms with Gasteiger partial charge < -0.3 is 14.9 Å². The van der Waals surface area contributed by atoms with Crippen molar-refractivity contribution >= 4 is 17.5 Å². The van der Waals surface area contributed by atoms with Gasteiger partial charge >= 0.3 is 0 Å². The summed E-state index contributed by atoms with van der Waals surface area (Å²) in [7, 11) is 0. The number of hydrogen-bond donors (Lipinski definition) is 2. The van der Waals surface area contributed by atoms with E-state index in [0.717, 1.165) is 32.1 Å². The monoisotopic (exact) mass is 418 g/mol. The van der Waals surface area contributed by atoms with E-state index < -0.39 is 5.60 Å². The lowest BCUT2D eigenvalue weighted by Gasteiger charge is -2.58. The number of halogens is 1. The van der Waals surface area contributed by atoms with Gasteiger partial charge in [-0.05, 0) is 82.2 Å². The average Bonchev–Trinajstić information content (AvgIpc) is 3.22. The predicted octanol–water partition coefficient (Wildman–Crippen LogP) is 3.62. The first-order chi connectivity index (χ1) is 13.6. The van der Waals surface area contributed by atoms with Crippen LogP contribution in [0.15, 0.2) is 16.8 Å². The van der Waals surface area contributed by atoms with Crippen LogP contribution < -0.4 is 5.32 Å². The van der Waals surface area contributed by atoms with Gasteiger partial charge in [-0.3, -0.25) is 9.48 Å². The Balaban J connectivity index is 1.46. The Kier molecular flexibility index (Phi) is 4.17. The van der Waals surface area contributed by atoms with E-state index in [0.29, 0.717) is 34.7 Å². The van der Waals surface area contributed by atoms with Crippen molar-refractivity contribution in [1.82, 2.24) is 20.3 Å². The third kappa shape index (κ3) is 3.19. The predicted molar refractivity (Wildman–Crippen MR) is 107 cm³/mol. The van der Waals surface area contributed by atoms with E-state index in [4.69, 9.17) is 16.1 Å². The smallest absolute Gasteiger partial charge is 0.255 e. The number of carbonyl (C=O) groups is 1. The van der Waals surface area contributed by atoms with Crippen LogP contribution in [0, 0.1) is 17.8 Å². The largest absolute Gasteiger partial charge is 0.390 e. The summed E-state index contributed by atoms with van der Waals surface area (Å²) in [4.78, 5) is 13.3. The Morgan fingerprint density at radius 1 is 1.31 bits per heavy atom. The fraction of sp³-hybridized carbons (Fsp3) is 0.667. The van der Waals surface area contributed by atoms with E-state index in [9.17, 15) is 9.90 Å². The van der Waals surface area contributed by atoms with Crippen LogP contribution in [0.1, 0.15) is 63.2 Å². The summed E-state index contributed by atoms with van der Waals surface area (Å²) in [6.45, 7) is 6.06. The average molecular weight is 419 g/mol. The lowest BCUT2D eigenvalue weighted by molar-refractivity contribution is -0.136. The molecule has 0 radical (unpaired) electrons. The second-order valence-electron chi connectivity index (χ2n) is 10.2. The van der Waals surface area contributed by atoms with Crippen LogP contribution in [0.3, 0.4) is 0 Å². The molecule has 2 aromatic rings. The molecule has 2 aromatic heterocycles. The van der Waals surface area contributed by atoms with Crippen molar-refractivity contribution < 1.29 is 14.4 Å². The molecule has 6 rings (SSSR count). The molecule has 0 aliphatic heterocycles. The van der Waals surface area contributed by atoms with Crippen molar-refractivity contribution in [2.45, 2.75) is 70.1 Å². The molecule has 29 heavy (non-hydrogen) atoms. The third-order valence-electron chi connectivity index (χ3n) is 6.91. The van der Waals surface area contributed by atoms with Crippen LogP contribution in [0.2, 0.25) is 5.22 Å². The number of hydrogen-bond acceptors (Lipinski definition) is 5. The van der Waals surface area contributed by atoms with Crippen molar-refractivity contribution in [3.63, 3.8) is 0 Å². The summed E-state index contributed by atoms with van der Waals surface area (Å²) >= 11 is 5.94. The normalized spacial score (nSPS) is 33.3. The zero-order chi connectivity index (χ0) is 20.6.